The van der Waals surface area contributed by atoms with Crippen molar-refractivity contribution in [2.45, 2.75) is 13.0 Å². The fourth-order valence-electron chi connectivity index (χ4n) is 1.84. The molecule has 0 aliphatic rings. The molecule has 1 unspecified atom stereocenters. The highest BCUT2D eigenvalue weighted by Gasteiger charge is 2.19. The SMILES string of the molecule is Cc1[nH]c2ccccc2c1C(N)C(N)=O. The van der Waals surface area contributed by atoms with E-state index in [0.29, 0.717) is 0 Å². The summed E-state index contributed by atoms with van der Waals surface area (Å²) >= 11 is 0. The zero-order valence-electron chi connectivity index (χ0n) is 8.45. The van der Waals surface area contributed by atoms with Crippen LogP contribution in [0.5, 0.6) is 0 Å². The molecule has 2 aromatic rings. The van der Waals surface area contributed by atoms with E-state index in [0.717, 1.165) is 22.2 Å². The molecule has 4 nitrogen and oxygen atoms in total. The second kappa shape index (κ2) is 3.40. The van der Waals surface area contributed by atoms with Gasteiger partial charge in [0, 0.05) is 22.2 Å². The van der Waals surface area contributed by atoms with Gasteiger partial charge in [-0.05, 0) is 13.0 Å². The van der Waals surface area contributed by atoms with Crippen molar-refractivity contribution in [2.24, 2.45) is 11.5 Å². The summed E-state index contributed by atoms with van der Waals surface area (Å²) in [5.41, 5.74) is 13.6. The van der Waals surface area contributed by atoms with Crippen LogP contribution in [0, 0.1) is 6.92 Å². The van der Waals surface area contributed by atoms with Crippen molar-refractivity contribution in [3.63, 3.8) is 0 Å². The molecule has 78 valence electrons. The number of aromatic nitrogens is 1. The topological polar surface area (TPSA) is 84.9 Å². The number of hydrogen-bond acceptors (Lipinski definition) is 2. The minimum absolute atomic E-state index is 0.511. The third-order valence-electron chi connectivity index (χ3n) is 2.56. The molecule has 0 bridgehead atoms. The Hall–Kier alpha value is -1.81. The molecule has 1 aromatic carbocycles. The Bertz CT molecular complexity index is 516. The zero-order chi connectivity index (χ0) is 11.0. The molecule has 1 atom stereocenters. The van der Waals surface area contributed by atoms with Crippen LogP contribution >= 0.6 is 0 Å². The van der Waals surface area contributed by atoms with Crippen LogP contribution in [0.15, 0.2) is 24.3 Å². The van der Waals surface area contributed by atoms with E-state index in [-0.39, 0.29) is 0 Å². The summed E-state index contributed by atoms with van der Waals surface area (Å²) in [6.45, 7) is 1.89. The van der Waals surface area contributed by atoms with E-state index < -0.39 is 11.9 Å². The highest BCUT2D eigenvalue weighted by atomic mass is 16.1. The highest BCUT2D eigenvalue weighted by molar-refractivity contribution is 5.92. The van der Waals surface area contributed by atoms with Crippen molar-refractivity contribution >= 4 is 16.8 Å². The summed E-state index contributed by atoms with van der Waals surface area (Å²) in [4.78, 5) is 14.3. The van der Waals surface area contributed by atoms with E-state index in [9.17, 15) is 4.79 Å². The van der Waals surface area contributed by atoms with Crippen LogP contribution in [0.3, 0.4) is 0 Å². The summed E-state index contributed by atoms with van der Waals surface area (Å²) in [5.74, 6) is -0.511. The molecule has 0 saturated heterocycles. The van der Waals surface area contributed by atoms with Crippen molar-refractivity contribution in [2.75, 3.05) is 0 Å². The van der Waals surface area contributed by atoms with Gasteiger partial charge in [-0.3, -0.25) is 4.79 Å². The number of fused-ring (bicyclic) bond motifs is 1. The first kappa shape index (κ1) is 9.73. The summed E-state index contributed by atoms with van der Waals surface area (Å²) in [5, 5.41) is 0.960. The lowest BCUT2D eigenvalue weighted by atomic mass is 10.0. The van der Waals surface area contributed by atoms with Gasteiger partial charge in [0.2, 0.25) is 5.91 Å². The zero-order valence-corrected chi connectivity index (χ0v) is 8.45. The summed E-state index contributed by atoms with van der Waals surface area (Å²) < 4.78 is 0. The lowest BCUT2D eigenvalue weighted by molar-refractivity contribution is -0.119. The van der Waals surface area contributed by atoms with Crippen molar-refractivity contribution in [1.29, 1.82) is 0 Å². The van der Waals surface area contributed by atoms with Gasteiger partial charge in [0.05, 0.1) is 0 Å². The molecule has 5 N–H and O–H groups in total. The number of nitrogens with two attached hydrogens (primary N) is 2. The van der Waals surface area contributed by atoms with E-state index in [2.05, 4.69) is 4.98 Å². The monoisotopic (exact) mass is 203 g/mol. The Kier molecular flexibility index (Phi) is 2.21. The molecule has 0 radical (unpaired) electrons. The Balaban J connectivity index is 2.68. The number of aryl methyl sites for hydroxylation is 1. The number of primary amides is 1. The number of H-pyrrole nitrogens is 1. The van der Waals surface area contributed by atoms with Gasteiger partial charge in [0.1, 0.15) is 6.04 Å². The van der Waals surface area contributed by atoms with Gasteiger partial charge < -0.3 is 16.5 Å². The second-order valence-electron chi connectivity index (χ2n) is 3.59. The number of benzene rings is 1. The van der Waals surface area contributed by atoms with Gasteiger partial charge >= 0.3 is 0 Å². The van der Waals surface area contributed by atoms with Crippen molar-refractivity contribution in [3.8, 4) is 0 Å². The predicted octanol–water partition coefficient (Wildman–Crippen LogP) is 0.961. The summed E-state index contributed by atoms with van der Waals surface area (Å²) in [7, 11) is 0. The van der Waals surface area contributed by atoms with Gasteiger partial charge in [0.25, 0.3) is 0 Å². The lowest BCUT2D eigenvalue weighted by Gasteiger charge is -2.07. The first-order valence-electron chi connectivity index (χ1n) is 4.73. The number of rotatable bonds is 2. The number of amides is 1. The minimum atomic E-state index is -0.749. The van der Waals surface area contributed by atoms with Crippen LogP contribution in [0.25, 0.3) is 10.9 Å². The number of carbonyl (C=O) groups is 1. The highest BCUT2D eigenvalue weighted by Crippen LogP contribution is 2.26. The Labute approximate surface area is 87.3 Å². The number of carbonyl (C=O) groups excluding carboxylic acids is 1. The molecular weight excluding hydrogens is 190 g/mol. The van der Waals surface area contributed by atoms with Crippen LogP contribution in [-0.2, 0) is 4.79 Å². The molecule has 1 amide bonds. The molecule has 4 heteroatoms. The molecular formula is C11H13N3O. The Morgan fingerprint density at radius 2 is 2.07 bits per heavy atom. The molecule has 0 fully saturated rings. The van der Waals surface area contributed by atoms with Crippen LogP contribution in [-0.4, -0.2) is 10.9 Å². The predicted molar refractivity (Wildman–Crippen MR) is 59.2 cm³/mol. The minimum Gasteiger partial charge on any atom is -0.368 e. The molecule has 1 aromatic heterocycles. The Morgan fingerprint density at radius 3 is 2.73 bits per heavy atom. The van der Waals surface area contributed by atoms with E-state index in [4.69, 9.17) is 11.5 Å². The third-order valence-corrected chi connectivity index (χ3v) is 2.56. The lowest BCUT2D eigenvalue weighted by Crippen LogP contribution is -2.28. The quantitative estimate of drug-likeness (QED) is 0.679. The average Bonchev–Trinajstić information content (AvgIpc) is 2.52. The molecule has 0 aliphatic carbocycles. The van der Waals surface area contributed by atoms with Gasteiger partial charge in [-0.15, -0.1) is 0 Å². The number of para-hydroxylation sites is 1. The largest absolute Gasteiger partial charge is 0.368 e. The van der Waals surface area contributed by atoms with E-state index in [1.807, 2.05) is 31.2 Å². The number of aromatic amines is 1. The summed E-state index contributed by atoms with van der Waals surface area (Å²) in [6, 6.07) is 6.96. The molecule has 0 aliphatic heterocycles. The van der Waals surface area contributed by atoms with E-state index in [1.165, 1.54) is 0 Å². The van der Waals surface area contributed by atoms with Crippen LogP contribution in [0.4, 0.5) is 0 Å². The first-order valence-corrected chi connectivity index (χ1v) is 4.73. The average molecular weight is 203 g/mol. The molecule has 0 saturated carbocycles. The number of nitrogens with one attached hydrogen (secondary N) is 1. The van der Waals surface area contributed by atoms with Crippen molar-refractivity contribution < 1.29 is 4.79 Å². The smallest absolute Gasteiger partial charge is 0.239 e. The maximum atomic E-state index is 11.1. The van der Waals surface area contributed by atoms with E-state index >= 15 is 0 Å². The van der Waals surface area contributed by atoms with Crippen molar-refractivity contribution in [3.05, 3.63) is 35.5 Å². The molecule has 0 spiro atoms. The third kappa shape index (κ3) is 1.49. The standard InChI is InChI=1S/C11H13N3O/c1-6-9(10(12)11(13)15)7-4-2-3-5-8(7)14-6/h2-5,10,14H,12H2,1H3,(H2,13,15). The van der Waals surface area contributed by atoms with Crippen molar-refractivity contribution in [1.82, 2.24) is 4.98 Å². The van der Waals surface area contributed by atoms with Crippen LogP contribution in [0.1, 0.15) is 17.3 Å². The maximum Gasteiger partial charge on any atom is 0.239 e. The van der Waals surface area contributed by atoms with E-state index in [1.54, 1.807) is 0 Å². The second-order valence-corrected chi connectivity index (χ2v) is 3.59. The molecule has 1 heterocycles. The fourth-order valence-corrected chi connectivity index (χ4v) is 1.84. The number of hydrogen-bond donors (Lipinski definition) is 3. The molecule has 15 heavy (non-hydrogen) atoms. The van der Waals surface area contributed by atoms with Crippen LogP contribution in [0.2, 0.25) is 0 Å². The molecule has 2 rings (SSSR count). The Morgan fingerprint density at radius 1 is 1.40 bits per heavy atom. The normalized spacial score (nSPS) is 12.9. The van der Waals surface area contributed by atoms with Gasteiger partial charge in [-0.25, -0.2) is 0 Å². The maximum absolute atomic E-state index is 11.1. The van der Waals surface area contributed by atoms with Gasteiger partial charge in [0.15, 0.2) is 0 Å². The first-order chi connectivity index (χ1) is 7.11. The van der Waals surface area contributed by atoms with Gasteiger partial charge in [-0.1, -0.05) is 18.2 Å². The van der Waals surface area contributed by atoms with Crippen LogP contribution < -0.4 is 11.5 Å². The fraction of sp³-hybridized carbons (Fsp3) is 0.182. The summed E-state index contributed by atoms with van der Waals surface area (Å²) in [6.07, 6.45) is 0. The van der Waals surface area contributed by atoms with Gasteiger partial charge in [-0.2, -0.15) is 0 Å².